The van der Waals surface area contributed by atoms with Crippen LogP contribution in [0.2, 0.25) is 0 Å². The molecule has 6 rings (SSSR count). The number of halogens is 1. The van der Waals surface area contributed by atoms with E-state index in [-0.39, 0.29) is 17.2 Å². The zero-order valence-electron chi connectivity index (χ0n) is 29.8. The minimum atomic E-state index is -3.98. The Hall–Kier alpha value is -4.62. The van der Waals surface area contributed by atoms with Crippen LogP contribution in [0, 0.1) is 13.5 Å². The first kappa shape index (κ1) is 38.1. The molecule has 53 heavy (non-hydrogen) atoms. The molecule has 4 heterocycles. The van der Waals surface area contributed by atoms with E-state index in [2.05, 4.69) is 36.3 Å². The van der Waals surface area contributed by atoms with Crippen molar-refractivity contribution in [1.29, 1.82) is 0 Å². The molecule has 1 aliphatic rings. The summed E-state index contributed by atoms with van der Waals surface area (Å²) in [7, 11) is -3.98. The third-order valence-corrected chi connectivity index (χ3v) is 12.3. The van der Waals surface area contributed by atoms with Crippen molar-refractivity contribution in [3.8, 4) is 16.9 Å². The van der Waals surface area contributed by atoms with Crippen molar-refractivity contribution in [1.82, 2.24) is 29.7 Å². The Balaban J connectivity index is 0.962. The minimum absolute atomic E-state index is 0.00743. The number of aryl methyl sites for hydroxylation is 2. The first-order valence-electron chi connectivity index (χ1n) is 17.6. The van der Waals surface area contributed by atoms with Crippen LogP contribution < -0.4 is 15.8 Å². The third kappa shape index (κ3) is 8.79. The summed E-state index contributed by atoms with van der Waals surface area (Å²) in [6.07, 6.45) is 10.2. The average Bonchev–Trinajstić information content (AvgIpc) is 3.79. The second-order valence-corrected chi connectivity index (χ2v) is 16.6. The lowest BCUT2D eigenvalue weighted by molar-refractivity contribution is -0.133. The largest absolute Gasteiger partial charge is 0.494 e. The number of anilines is 1. The van der Waals surface area contributed by atoms with Crippen LogP contribution in [0.3, 0.4) is 0 Å². The van der Waals surface area contributed by atoms with E-state index in [1.807, 2.05) is 17.1 Å². The molecule has 3 aromatic heterocycles. The molecule has 1 fully saturated rings. The predicted octanol–water partition coefficient (Wildman–Crippen LogP) is 5.85. The summed E-state index contributed by atoms with van der Waals surface area (Å²) in [5, 5.41) is 23.4. The van der Waals surface area contributed by atoms with Crippen LogP contribution in [-0.2, 0) is 27.6 Å². The number of ether oxygens (including phenoxy) is 1. The Labute approximate surface area is 317 Å². The van der Waals surface area contributed by atoms with Gasteiger partial charge in [-0.3, -0.25) is 9.48 Å². The third-order valence-electron chi connectivity index (χ3n) is 9.58. The standard InChI is InChI=1S/C38H43BrN8O5S/c1-25-18-26(9-14-32(25)41-3)19-33(48)38(2,49)24-53(50,51)30-12-10-29(11-13-30)52-17-6-4-5-16-46-23-28(21-43-46)31-22-44-47-36(40)34(39)35(45-37(31)47)27-8-7-15-42-20-27/h9-14,18,21-23,27,42,49H,4-8,15-17,19-20,24,40H2,1-2H3/t27-,38+/m1/s1. The number of unbranched alkanes of at least 4 members (excludes halogenated alkanes) is 2. The zero-order chi connectivity index (χ0) is 37.8. The van der Waals surface area contributed by atoms with E-state index in [9.17, 15) is 18.3 Å². The van der Waals surface area contributed by atoms with Gasteiger partial charge in [0.1, 0.15) is 17.2 Å². The molecule has 15 heteroatoms. The number of aliphatic hydroxyl groups is 1. The highest BCUT2D eigenvalue weighted by Crippen LogP contribution is 2.35. The van der Waals surface area contributed by atoms with Gasteiger partial charge < -0.3 is 20.9 Å². The number of hydrogen-bond acceptors (Lipinski definition) is 10. The van der Waals surface area contributed by atoms with Crippen LogP contribution in [-0.4, -0.2) is 74.7 Å². The monoisotopic (exact) mass is 802 g/mol. The highest BCUT2D eigenvalue weighted by Gasteiger charge is 2.36. The fraction of sp³-hybridized carbons (Fsp3) is 0.395. The number of aromatic nitrogens is 5. The second kappa shape index (κ2) is 16.2. The van der Waals surface area contributed by atoms with Crippen LogP contribution in [0.1, 0.15) is 61.8 Å². The van der Waals surface area contributed by atoms with Crippen molar-refractivity contribution in [2.75, 3.05) is 31.2 Å². The number of benzene rings is 2. The van der Waals surface area contributed by atoms with Crippen LogP contribution in [0.25, 0.3) is 21.6 Å². The van der Waals surface area contributed by atoms with Crippen LogP contribution in [0.4, 0.5) is 11.5 Å². The Morgan fingerprint density at radius 3 is 2.68 bits per heavy atom. The molecule has 13 nitrogen and oxygen atoms in total. The lowest BCUT2D eigenvalue weighted by Gasteiger charge is -2.23. The predicted molar refractivity (Wildman–Crippen MR) is 206 cm³/mol. The summed E-state index contributed by atoms with van der Waals surface area (Å²) < 4.78 is 36.5. The summed E-state index contributed by atoms with van der Waals surface area (Å²) in [5.74, 6) is -0.0324. The van der Waals surface area contributed by atoms with Gasteiger partial charge in [-0.25, -0.2) is 18.2 Å². The normalized spacial score (nSPS) is 15.9. The molecule has 0 amide bonds. The summed E-state index contributed by atoms with van der Waals surface area (Å²) in [6, 6.07) is 11.0. The van der Waals surface area contributed by atoms with Gasteiger partial charge in [0.15, 0.2) is 27.0 Å². The van der Waals surface area contributed by atoms with E-state index in [0.717, 1.165) is 73.0 Å². The quantitative estimate of drug-likeness (QED) is 0.0862. The van der Waals surface area contributed by atoms with E-state index in [0.29, 0.717) is 40.6 Å². The van der Waals surface area contributed by atoms with Crippen LogP contribution >= 0.6 is 15.9 Å². The number of piperidine rings is 1. The molecule has 278 valence electrons. The fourth-order valence-electron chi connectivity index (χ4n) is 6.55. The van der Waals surface area contributed by atoms with Gasteiger partial charge in [0.2, 0.25) is 0 Å². The van der Waals surface area contributed by atoms with Crippen molar-refractivity contribution < 1.29 is 23.1 Å². The molecule has 2 atom stereocenters. The first-order valence-corrected chi connectivity index (χ1v) is 20.1. The number of nitrogens with two attached hydrogens (primary N) is 1. The number of rotatable bonds is 15. The Morgan fingerprint density at radius 2 is 1.96 bits per heavy atom. The molecule has 5 aromatic rings. The van der Waals surface area contributed by atoms with Crippen molar-refractivity contribution >= 4 is 48.7 Å². The van der Waals surface area contributed by atoms with E-state index in [4.69, 9.17) is 22.0 Å². The first-order chi connectivity index (χ1) is 25.4. The maximum atomic E-state index is 13.1. The molecule has 0 unspecified atom stereocenters. The summed E-state index contributed by atoms with van der Waals surface area (Å²) in [4.78, 5) is 21.3. The maximum Gasteiger partial charge on any atom is 0.190 e. The molecular weight excluding hydrogens is 760 g/mol. The molecule has 2 aromatic carbocycles. The maximum absolute atomic E-state index is 13.1. The van der Waals surface area contributed by atoms with Gasteiger partial charge in [-0.2, -0.15) is 14.7 Å². The van der Waals surface area contributed by atoms with E-state index < -0.39 is 27.0 Å². The van der Waals surface area contributed by atoms with Gasteiger partial charge in [0.25, 0.3) is 0 Å². The number of hydrogen-bond donors (Lipinski definition) is 3. The molecule has 0 bridgehead atoms. The van der Waals surface area contributed by atoms with Gasteiger partial charge in [-0.1, -0.05) is 18.2 Å². The van der Waals surface area contributed by atoms with E-state index >= 15 is 0 Å². The van der Waals surface area contributed by atoms with Crippen molar-refractivity contribution in [3.05, 3.63) is 93.8 Å². The van der Waals surface area contributed by atoms with Crippen molar-refractivity contribution in [2.45, 2.75) is 75.3 Å². The number of fused-ring (bicyclic) bond motifs is 1. The minimum Gasteiger partial charge on any atom is -0.494 e. The van der Waals surface area contributed by atoms with Crippen molar-refractivity contribution in [3.63, 3.8) is 0 Å². The van der Waals surface area contributed by atoms with E-state index in [1.54, 1.807) is 48.0 Å². The Bertz CT molecular complexity index is 2250. The lowest BCUT2D eigenvalue weighted by atomic mass is 9.96. The number of carbonyl (C=O) groups is 1. The topological polar surface area (TPSA) is 171 Å². The van der Waals surface area contributed by atoms with Crippen molar-refractivity contribution in [2.24, 2.45) is 0 Å². The number of ketones is 1. The number of nitrogens with zero attached hydrogens (tertiary/aromatic N) is 6. The smallest absolute Gasteiger partial charge is 0.190 e. The summed E-state index contributed by atoms with van der Waals surface area (Å²) in [6.45, 7) is 13.2. The second-order valence-electron chi connectivity index (χ2n) is 13.8. The molecule has 0 spiro atoms. The molecule has 0 radical (unpaired) electrons. The zero-order valence-corrected chi connectivity index (χ0v) is 32.2. The van der Waals surface area contributed by atoms with Crippen LogP contribution in [0.5, 0.6) is 5.75 Å². The molecule has 4 N–H and O–H groups in total. The highest BCUT2D eigenvalue weighted by molar-refractivity contribution is 9.10. The number of sulfone groups is 1. The summed E-state index contributed by atoms with van der Waals surface area (Å²) in [5.41, 5.74) is 9.62. The van der Waals surface area contributed by atoms with Gasteiger partial charge >= 0.3 is 0 Å². The van der Waals surface area contributed by atoms with Gasteiger partial charge in [0.05, 0.1) is 46.4 Å². The number of nitrogen functional groups attached to an aromatic ring is 1. The molecule has 0 aliphatic carbocycles. The summed E-state index contributed by atoms with van der Waals surface area (Å²) >= 11 is 3.65. The van der Waals surface area contributed by atoms with Gasteiger partial charge in [-0.05, 0) is 104 Å². The Kier molecular flexibility index (Phi) is 11.6. The molecule has 1 aliphatic heterocycles. The molecular formula is C38H43BrN8O5S. The van der Waals surface area contributed by atoms with Crippen LogP contribution in [0.15, 0.2) is 70.4 Å². The Morgan fingerprint density at radius 1 is 1.17 bits per heavy atom. The molecule has 0 saturated carbocycles. The van der Waals surface area contributed by atoms with Gasteiger partial charge in [0, 0.05) is 42.8 Å². The number of Topliss-reactive ketones (excluding diaryl/α,β-unsaturated/α-hetero) is 1. The highest BCUT2D eigenvalue weighted by atomic mass is 79.9. The lowest BCUT2D eigenvalue weighted by Crippen LogP contribution is -2.43. The average molecular weight is 804 g/mol. The SMILES string of the molecule is [C-]#[N+]c1ccc(CC(=O)[C@@](C)(O)CS(=O)(=O)c2ccc(OCCCCCn3cc(-c4cnn5c(N)c(Br)c([C@@H]6CCCNC6)nc45)cn3)cc2)cc1C. The number of nitrogens with one attached hydrogen (secondary N) is 1. The molecule has 1 saturated heterocycles. The number of carbonyl (C=O) groups excluding carboxylic acids is 1. The fourth-order valence-corrected chi connectivity index (χ4v) is 8.74. The van der Waals surface area contributed by atoms with E-state index in [1.165, 1.54) is 19.1 Å². The van der Waals surface area contributed by atoms with Gasteiger partial charge in [-0.15, -0.1) is 0 Å².